The van der Waals surface area contributed by atoms with Gasteiger partial charge in [-0.25, -0.2) is 10.4 Å². The molecule has 1 heterocycles. The maximum Gasteiger partial charge on any atom is 0.246 e. The zero-order chi connectivity index (χ0) is 18.1. The van der Waals surface area contributed by atoms with Crippen LogP contribution in [0.5, 0.6) is 0 Å². The number of thiazole rings is 1. The van der Waals surface area contributed by atoms with Crippen molar-refractivity contribution >= 4 is 34.0 Å². The number of hydrogen-bond donors (Lipinski definition) is 3. The third-order valence-corrected chi connectivity index (χ3v) is 4.00. The van der Waals surface area contributed by atoms with Gasteiger partial charge in [-0.05, 0) is 18.9 Å². The molecule has 0 spiro atoms. The Balaban J connectivity index is 1.67. The Bertz CT molecular complexity index is 743. The summed E-state index contributed by atoms with van der Waals surface area (Å²) in [5.41, 5.74) is 10.2. The van der Waals surface area contributed by atoms with Gasteiger partial charge in [-0.15, -0.1) is 11.3 Å². The molecule has 7 nitrogen and oxygen atoms in total. The van der Waals surface area contributed by atoms with E-state index < -0.39 is 0 Å². The van der Waals surface area contributed by atoms with Gasteiger partial charge in [0.15, 0.2) is 5.13 Å². The van der Waals surface area contributed by atoms with E-state index in [2.05, 4.69) is 20.8 Å². The molecule has 4 N–H and O–H groups in total. The highest BCUT2D eigenvalue weighted by molar-refractivity contribution is 7.13. The van der Waals surface area contributed by atoms with Gasteiger partial charge in [-0.3, -0.25) is 9.59 Å². The van der Waals surface area contributed by atoms with Crippen LogP contribution in [0.3, 0.4) is 0 Å². The van der Waals surface area contributed by atoms with Crippen LogP contribution in [-0.2, 0) is 22.4 Å². The molecule has 0 radical (unpaired) electrons. The predicted molar refractivity (Wildman–Crippen MR) is 99.3 cm³/mol. The molecular weight excluding hydrogens is 338 g/mol. The van der Waals surface area contributed by atoms with Crippen molar-refractivity contribution < 1.29 is 9.59 Å². The second-order valence-electron chi connectivity index (χ2n) is 5.50. The van der Waals surface area contributed by atoms with Crippen molar-refractivity contribution in [3.63, 3.8) is 0 Å². The van der Waals surface area contributed by atoms with Crippen LogP contribution in [0.15, 0.2) is 40.8 Å². The number of nitrogens with zero attached hydrogens (tertiary/aromatic N) is 2. The molecule has 132 valence electrons. The highest BCUT2D eigenvalue weighted by atomic mass is 32.1. The summed E-state index contributed by atoms with van der Waals surface area (Å²) < 4.78 is 0. The molecule has 0 bridgehead atoms. The smallest absolute Gasteiger partial charge is 0.246 e. The minimum absolute atomic E-state index is 0.105. The molecule has 0 aliphatic carbocycles. The van der Waals surface area contributed by atoms with E-state index in [1.807, 2.05) is 30.3 Å². The minimum atomic E-state index is -0.297. The normalized spacial score (nSPS) is 11.2. The lowest BCUT2D eigenvalue weighted by molar-refractivity contribution is -0.121. The minimum Gasteiger partial charge on any atom is -0.375 e. The molecule has 1 aromatic carbocycles. The summed E-state index contributed by atoms with van der Waals surface area (Å²) in [7, 11) is 0. The fourth-order valence-corrected chi connectivity index (χ4v) is 2.65. The fourth-order valence-electron chi connectivity index (χ4n) is 2.09. The van der Waals surface area contributed by atoms with E-state index in [1.165, 1.54) is 16.9 Å². The Labute approximate surface area is 150 Å². The van der Waals surface area contributed by atoms with E-state index in [0.717, 1.165) is 6.42 Å². The van der Waals surface area contributed by atoms with Gasteiger partial charge in [-0.1, -0.05) is 30.3 Å². The molecule has 0 saturated heterocycles. The summed E-state index contributed by atoms with van der Waals surface area (Å²) >= 11 is 1.28. The molecular formula is C17H21N5O2S. The molecule has 0 atom stereocenters. The third-order valence-electron chi connectivity index (χ3n) is 3.28. The summed E-state index contributed by atoms with van der Waals surface area (Å²) in [5, 5.41) is 8.92. The van der Waals surface area contributed by atoms with E-state index in [-0.39, 0.29) is 24.7 Å². The zero-order valence-electron chi connectivity index (χ0n) is 14.0. The van der Waals surface area contributed by atoms with Crippen molar-refractivity contribution in [2.75, 3.05) is 12.3 Å². The number of carbonyl (C=O) groups is 2. The Morgan fingerprint density at radius 2 is 2.00 bits per heavy atom. The van der Waals surface area contributed by atoms with E-state index in [0.29, 0.717) is 23.1 Å². The number of nitrogens with two attached hydrogens (primary N) is 1. The maximum absolute atomic E-state index is 11.9. The summed E-state index contributed by atoms with van der Waals surface area (Å²) in [4.78, 5) is 27.6. The zero-order valence-corrected chi connectivity index (χ0v) is 14.8. The molecule has 2 rings (SSSR count). The van der Waals surface area contributed by atoms with Crippen LogP contribution < -0.4 is 16.5 Å². The molecule has 0 saturated carbocycles. The summed E-state index contributed by atoms with van der Waals surface area (Å²) in [6.07, 6.45) is 1.02. The van der Waals surface area contributed by atoms with Crippen molar-refractivity contribution in [3.8, 4) is 0 Å². The number of hydrogen-bond acceptors (Lipinski definition) is 6. The van der Waals surface area contributed by atoms with Gasteiger partial charge < -0.3 is 11.1 Å². The highest BCUT2D eigenvalue weighted by Crippen LogP contribution is 2.11. The Morgan fingerprint density at radius 3 is 2.68 bits per heavy atom. The molecule has 0 unspecified atom stereocenters. The first kappa shape index (κ1) is 18.6. The number of anilines is 1. The van der Waals surface area contributed by atoms with E-state index in [4.69, 9.17) is 5.73 Å². The van der Waals surface area contributed by atoms with Crippen molar-refractivity contribution in [1.82, 2.24) is 15.7 Å². The molecule has 8 heteroatoms. The fraction of sp³-hybridized carbons (Fsp3) is 0.294. The highest BCUT2D eigenvalue weighted by Gasteiger charge is 2.07. The number of nitrogen functional groups attached to an aromatic ring is 1. The van der Waals surface area contributed by atoms with Crippen molar-refractivity contribution in [3.05, 3.63) is 47.0 Å². The van der Waals surface area contributed by atoms with Gasteiger partial charge in [0, 0.05) is 17.6 Å². The number of benzene rings is 1. The van der Waals surface area contributed by atoms with E-state index in [1.54, 1.807) is 12.3 Å². The largest absolute Gasteiger partial charge is 0.375 e. The summed E-state index contributed by atoms with van der Waals surface area (Å²) in [6, 6.07) is 9.93. The standard InChI is InChI=1S/C17H21N5O2S/c1-12(21-22-16(24)10-14-11-25-17(18)20-14)9-15(23)19-8-7-13-5-3-2-4-6-13/h2-6,11H,7-10H2,1H3,(H2,18,20)(H,19,23)(H,22,24)/b21-12+. The Hall–Kier alpha value is -2.74. The first-order valence-electron chi connectivity index (χ1n) is 7.85. The number of rotatable bonds is 8. The van der Waals surface area contributed by atoms with Gasteiger partial charge >= 0.3 is 0 Å². The average molecular weight is 359 g/mol. The SMILES string of the molecule is C/C(CC(=O)NCCc1ccccc1)=N\NC(=O)Cc1csc(N)n1. The number of carbonyl (C=O) groups excluding carboxylic acids is 2. The van der Waals surface area contributed by atoms with Gasteiger partial charge in [0.05, 0.1) is 18.5 Å². The monoisotopic (exact) mass is 359 g/mol. The molecule has 0 fully saturated rings. The molecule has 1 aromatic heterocycles. The maximum atomic E-state index is 11.9. The van der Waals surface area contributed by atoms with Crippen molar-refractivity contribution in [2.45, 2.75) is 26.2 Å². The lowest BCUT2D eigenvalue weighted by Gasteiger charge is -2.05. The van der Waals surface area contributed by atoms with Gasteiger partial charge in [0.1, 0.15) is 0 Å². The molecule has 25 heavy (non-hydrogen) atoms. The van der Waals surface area contributed by atoms with Crippen LogP contribution in [0.4, 0.5) is 5.13 Å². The van der Waals surface area contributed by atoms with Crippen LogP contribution in [0.25, 0.3) is 0 Å². The van der Waals surface area contributed by atoms with E-state index in [9.17, 15) is 9.59 Å². The summed E-state index contributed by atoms with van der Waals surface area (Å²) in [5.74, 6) is -0.423. The second-order valence-corrected chi connectivity index (χ2v) is 6.39. The van der Waals surface area contributed by atoms with Gasteiger partial charge in [0.25, 0.3) is 0 Å². The second kappa shape index (κ2) is 9.53. The predicted octanol–water partition coefficient (Wildman–Crippen LogP) is 1.51. The third kappa shape index (κ3) is 7.13. The van der Waals surface area contributed by atoms with E-state index >= 15 is 0 Å². The van der Waals surface area contributed by atoms with Crippen LogP contribution in [-0.4, -0.2) is 29.1 Å². The van der Waals surface area contributed by atoms with Crippen LogP contribution in [0.1, 0.15) is 24.6 Å². The molecule has 2 aromatic rings. The summed E-state index contributed by atoms with van der Waals surface area (Å²) in [6.45, 7) is 2.26. The van der Waals surface area contributed by atoms with Crippen LogP contribution in [0, 0.1) is 0 Å². The van der Waals surface area contributed by atoms with Gasteiger partial charge in [0.2, 0.25) is 11.8 Å². The van der Waals surface area contributed by atoms with Crippen molar-refractivity contribution in [2.24, 2.45) is 5.10 Å². The number of nitrogens with one attached hydrogen (secondary N) is 2. The average Bonchev–Trinajstić information content (AvgIpc) is 2.99. The topological polar surface area (TPSA) is 109 Å². The first-order valence-corrected chi connectivity index (χ1v) is 8.73. The molecule has 0 aliphatic rings. The molecule has 0 aliphatic heterocycles. The quantitative estimate of drug-likeness (QED) is 0.490. The molecule has 2 amide bonds. The lowest BCUT2D eigenvalue weighted by atomic mass is 10.1. The number of amides is 2. The van der Waals surface area contributed by atoms with Crippen molar-refractivity contribution in [1.29, 1.82) is 0 Å². The number of aromatic nitrogens is 1. The Kier molecular flexibility index (Phi) is 7.09. The van der Waals surface area contributed by atoms with Crippen LogP contribution >= 0.6 is 11.3 Å². The first-order chi connectivity index (χ1) is 12.0. The lowest BCUT2D eigenvalue weighted by Crippen LogP contribution is -2.28. The Morgan fingerprint density at radius 1 is 1.24 bits per heavy atom. The van der Waals surface area contributed by atoms with Gasteiger partial charge in [-0.2, -0.15) is 5.10 Å². The number of hydrazone groups is 1. The van der Waals surface area contributed by atoms with Crippen LogP contribution in [0.2, 0.25) is 0 Å².